The minimum atomic E-state index is -0.278. The van der Waals surface area contributed by atoms with Crippen LogP contribution in [0.15, 0.2) is 28.9 Å². The number of hydrogen-bond donors (Lipinski definition) is 3. The molecule has 2 amide bonds. The van der Waals surface area contributed by atoms with Gasteiger partial charge in [-0.25, -0.2) is 0 Å². The molecule has 0 saturated carbocycles. The Kier molecular flexibility index (Phi) is 5.67. The molecule has 23 heavy (non-hydrogen) atoms. The highest BCUT2D eigenvalue weighted by Crippen LogP contribution is 2.08. The quantitative estimate of drug-likeness (QED) is 0.657. The topological polar surface area (TPSA) is 109 Å². The molecule has 0 atom stereocenters. The van der Waals surface area contributed by atoms with E-state index in [1.807, 2.05) is 6.92 Å². The summed E-state index contributed by atoms with van der Waals surface area (Å²) in [5, 5.41) is 16.0. The van der Waals surface area contributed by atoms with E-state index in [1.54, 1.807) is 18.2 Å². The van der Waals surface area contributed by atoms with E-state index in [9.17, 15) is 9.59 Å². The summed E-state index contributed by atoms with van der Waals surface area (Å²) in [6.07, 6.45) is 2.21. The van der Waals surface area contributed by atoms with Crippen LogP contribution >= 0.6 is 0 Å². The van der Waals surface area contributed by atoms with Crippen LogP contribution in [0.1, 0.15) is 33.0 Å². The van der Waals surface area contributed by atoms with Gasteiger partial charge in [0.1, 0.15) is 5.82 Å². The Balaban J connectivity index is 1.68. The summed E-state index contributed by atoms with van der Waals surface area (Å²) in [4.78, 5) is 23.1. The molecule has 0 aliphatic heterocycles. The molecule has 0 spiro atoms. The summed E-state index contributed by atoms with van der Waals surface area (Å²) in [5.74, 6) is 0.418. The number of nitrogens with one attached hydrogen (secondary N) is 3. The SMILES string of the molecule is CNC(=O)c1ccc(NCCCNC(=O)c2occc2C)nn1. The van der Waals surface area contributed by atoms with Gasteiger partial charge in [-0.05, 0) is 31.5 Å². The molecule has 0 aliphatic rings. The van der Waals surface area contributed by atoms with Crippen molar-refractivity contribution in [3.05, 3.63) is 41.5 Å². The van der Waals surface area contributed by atoms with Gasteiger partial charge in [0.15, 0.2) is 11.5 Å². The number of hydrogen-bond acceptors (Lipinski definition) is 6. The van der Waals surface area contributed by atoms with Crippen LogP contribution in [-0.2, 0) is 0 Å². The molecule has 2 aromatic heterocycles. The maximum Gasteiger partial charge on any atom is 0.287 e. The fourth-order valence-corrected chi connectivity index (χ4v) is 1.87. The predicted molar refractivity (Wildman–Crippen MR) is 84.3 cm³/mol. The maximum absolute atomic E-state index is 11.8. The summed E-state index contributed by atoms with van der Waals surface area (Å²) in [7, 11) is 1.54. The Morgan fingerprint density at radius 2 is 1.96 bits per heavy atom. The Morgan fingerprint density at radius 1 is 1.13 bits per heavy atom. The highest BCUT2D eigenvalue weighted by Gasteiger charge is 2.11. The fraction of sp³-hybridized carbons (Fsp3) is 0.333. The highest BCUT2D eigenvalue weighted by molar-refractivity contribution is 5.92. The summed E-state index contributed by atoms with van der Waals surface area (Å²) in [6, 6.07) is 5.02. The lowest BCUT2D eigenvalue weighted by molar-refractivity contribution is 0.0923. The van der Waals surface area contributed by atoms with Gasteiger partial charge in [0.05, 0.1) is 6.26 Å². The molecule has 0 saturated heterocycles. The van der Waals surface area contributed by atoms with Gasteiger partial charge < -0.3 is 20.4 Å². The third-order valence-corrected chi connectivity index (χ3v) is 3.14. The van der Waals surface area contributed by atoms with Crippen molar-refractivity contribution in [3.8, 4) is 0 Å². The van der Waals surface area contributed by atoms with Gasteiger partial charge in [-0.15, -0.1) is 10.2 Å². The van der Waals surface area contributed by atoms with E-state index < -0.39 is 0 Å². The van der Waals surface area contributed by atoms with Crippen molar-refractivity contribution in [1.29, 1.82) is 0 Å². The Labute approximate surface area is 133 Å². The lowest BCUT2D eigenvalue weighted by Crippen LogP contribution is -2.26. The standard InChI is InChI=1S/C15H19N5O3/c1-10-6-9-23-13(10)15(22)18-8-3-7-17-12-5-4-11(19-20-12)14(21)16-2/h4-6,9H,3,7-8H2,1-2H3,(H,16,21)(H,17,20)(H,18,22). The molecule has 8 heteroatoms. The summed E-state index contributed by atoms with van der Waals surface area (Å²) >= 11 is 0. The Morgan fingerprint density at radius 3 is 2.57 bits per heavy atom. The van der Waals surface area contributed by atoms with E-state index in [-0.39, 0.29) is 17.5 Å². The number of anilines is 1. The van der Waals surface area contributed by atoms with Gasteiger partial charge in [-0.3, -0.25) is 9.59 Å². The van der Waals surface area contributed by atoms with Crippen molar-refractivity contribution in [2.24, 2.45) is 0 Å². The van der Waals surface area contributed by atoms with Crippen LogP contribution in [0.4, 0.5) is 5.82 Å². The normalized spacial score (nSPS) is 10.2. The predicted octanol–water partition coefficient (Wildman–Crippen LogP) is 0.970. The molecule has 0 bridgehead atoms. The molecule has 2 rings (SSSR count). The number of carbonyl (C=O) groups excluding carboxylic acids is 2. The molecule has 0 aliphatic carbocycles. The zero-order chi connectivity index (χ0) is 16.7. The van der Waals surface area contributed by atoms with Crippen LogP contribution in [0.3, 0.4) is 0 Å². The van der Waals surface area contributed by atoms with E-state index in [0.29, 0.717) is 31.1 Å². The Hall–Kier alpha value is -2.90. The summed E-state index contributed by atoms with van der Waals surface area (Å²) < 4.78 is 5.11. The lowest BCUT2D eigenvalue weighted by Gasteiger charge is -2.06. The average Bonchev–Trinajstić information content (AvgIpc) is 3.00. The van der Waals surface area contributed by atoms with Crippen LogP contribution in [0, 0.1) is 6.92 Å². The van der Waals surface area contributed by atoms with Crippen LogP contribution in [0.5, 0.6) is 0 Å². The first-order chi connectivity index (χ1) is 11.1. The lowest BCUT2D eigenvalue weighted by atomic mass is 10.2. The number of carbonyl (C=O) groups is 2. The van der Waals surface area contributed by atoms with Crippen LogP contribution in [0.2, 0.25) is 0 Å². The van der Waals surface area contributed by atoms with Gasteiger partial charge in [0.25, 0.3) is 11.8 Å². The minimum Gasteiger partial charge on any atom is -0.459 e. The second kappa shape index (κ2) is 7.92. The first-order valence-electron chi connectivity index (χ1n) is 7.24. The third kappa shape index (κ3) is 4.53. The molecular formula is C15H19N5O3. The maximum atomic E-state index is 11.8. The second-order valence-electron chi connectivity index (χ2n) is 4.85. The van der Waals surface area contributed by atoms with E-state index in [0.717, 1.165) is 5.56 Å². The molecule has 122 valence electrons. The van der Waals surface area contributed by atoms with Crippen molar-refractivity contribution in [1.82, 2.24) is 20.8 Å². The highest BCUT2D eigenvalue weighted by atomic mass is 16.3. The second-order valence-corrected chi connectivity index (χ2v) is 4.85. The van der Waals surface area contributed by atoms with E-state index >= 15 is 0 Å². The van der Waals surface area contributed by atoms with Crippen molar-refractivity contribution in [2.75, 3.05) is 25.5 Å². The number of amides is 2. The zero-order valence-corrected chi connectivity index (χ0v) is 13.0. The molecule has 0 aromatic carbocycles. The van der Waals surface area contributed by atoms with Gasteiger partial charge in [0, 0.05) is 25.7 Å². The van der Waals surface area contributed by atoms with E-state index in [4.69, 9.17) is 4.42 Å². The number of furan rings is 1. The molecule has 2 aromatic rings. The van der Waals surface area contributed by atoms with Crippen LogP contribution < -0.4 is 16.0 Å². The van der Waals surface area contributed by atoms with Gasteiger partial charge in [-0.1, -0.05) is 0 Å². The van der Waals surface area contributed by atoms with Crippen LogP contribution in [0.25, 0.3) is 0 Å². The van der Waals surface area contributed by atoms with Crippen molar-refractivity contribution in [3.63, 3.8) is 0 Å². The number of aryl methyl sites for hydroxylation is 1. The first-order valence-corrected chi connectivity index (χ1v) is 7.24. The molecule has 8 nitrogen and oxygen atoms in total. The molecule has 0 unspecified atom stereocenters. The van der Waals surface area contributed by atoms with Crippen molar-refractivity contribution in [2.45, 2.75) is 13.3 Å². The van der Waals surface area contributed by atoms with E-state index in [2.05, 4.69) is 26.1 Å². The molecular weight excluding hydrogens is 298 g/mol. The fourth-order valence-electron chi connectivity index (χ4n) is 1.87. The van der Waals surface area contributed by atoms with Crippen LogP contribution in [-0.4, -0.2) is 42.1 Å². The minimum absolute atomic E-state index is 0.220. The molecule has 2 heterocycles. The van der Waals surface area contributed by atoms with E-state index in [1.165, 1.54) is 13.3 Å². The number of aromatic nitrogens is 2. The zero-order valence-electron chi connectivity index (χ0n) is 13.0. The van der Waals surface area contributed by atoms with Gasteiger partial charge in [0.2, 0.25) is 0 Å². The summed E-state index contributed by atoms with van der Waals surface area (Å²) in [6.45, 7) is 2.95. The average molecular weight is 317 g/mol. The van der Waals surface area contributed by atoms with Gasteiger partial charge >= 0.3 is 0 Å². The number of nitrogens with zero attached hydrogens (tertiary/aromatic N) is 2. The first kappa shape index (κ1) is 16.5. The van der Waals surface area contributed by atoms with Gasteiger partial charge in [-0.2, -0.15) is 0 Å². The largest absolute Gasteiger partial charge is 0.459 e. The molecule has 0 fully saturated rings. The third-order valence-electron chi connectivity index (χ3n) is 3.14. The number of rotatable bonds is 7. The van der Waals surface area contributed by atoms with Crippen molar-refractivity contribution >= 4 is 17.6 Å². The Bertz CT molecular complexity index is 666. The summed E-state index contributed by atoms with van der Waals surface area (Å²) in [5.41, 5.74) is 1.08. The molecule has 0 radical (unpaired) electrons. The monoisotopic (exact) mass is 317 g/mol. The molecule has 3 N–H and O–H groups in total. The smallest absolute Gasteiger partial charge is 0.287 e. The van der Waals surface area contributed by atoms with Crippen molar-refractivity contribution < 1.29 is 14.0 Å².